The molecule has 0 radical (unpaired) electrons. The number of nitrogens with one attached hydrogen (secondary N) is 2. The maximum Gasteiger partial charge on any atom is 0.412 e. The fraction of sp³-hybridized carbons (Fsp3) is 0.724. The van der Waals surface area contributed by atoms with Crippen LogP contribution in [-0.4, -0.2) is 85.9 Å². The van der Waals surface area contributed by atoms with Crippen molar-refractivity contribution in [3.05, 3.63) is 23.8 Å². The van der Waals surface area contributed by atoms with Gasteiger partial charge in [0.1, 0.15) is 6.10 Å². The summed E-state index contributed by atoms with van der Waals surface area (Å²) in [5.74, 6) is 0.926. The monoisotopic (exact) mass is 689 g/mol. The van der Waals surface area contributed by atoms with Crippen molar-refractivity contribution >= 4 is 44.0 Å². The van der Waals surface area contributed by atoms with Crippen molar-refractivity contribution in [3.63, 3.8) is 0 Å². The lowest BCUT2D eigenvalue weighted by Gasteiger charge is -2.37. The summed E-state index contributed by atoms with van der Waals surface area (Å²) in [6.07, 6.45) is 9.28. The minimum atomic E-state index is -0.479. The molecule has 0 bridgehead atoms. The Morgan fingerprint density at radius 3 is 2.40 bits per heavy atom. The Bertz CT molecular complexity index is 909. The summed E-state index contributed by atoms with van der Waals surface area (Å²) >= 11 is 6.79. The summed E-state index contributed by atoms with van der Waals surface area (Å²) in [4.78, 5) is 26.7. The smallest absolute Gasteiger partial charge is 0.412 e. The van der Waals surface area contributed by atoms with E-state index in [-0.39, 0.29) is 18.3 Å². The normalized spacial score (nSPS) is 21.1. The first-order valence-electron chi connectivity index (χ1n) is 14.6. The fourth-order valence-electron chi connectivity index (χ4n) is 5.27. The molecule has 226 valence electrons. The summed E-state index contributed by atoms with van der Waals surface area (Å²) in [5, 5.41) is 7.48. The van der Waals surface area contributed by atoms with Crippen LogP contribution in [0, 0.1) is 0 Å². The number of carbonyl (C=O) groups is 2. The number of hydrogen-bond donors (Lipinski definition) is 2. The van der Waals surface area contributed by atoms with Crippen LogP contribution in [0.1, 0.15) is 63.4 Å². The molecule has 2 aliphatic rings. The van der Waals surface area contributed by atoms with Crippen LogP contribution in [0.3, 0.4) is 0 Å². The minimum Gasteiger partial charge on any atom is -0.493 e. The summed E-state index contributed by atoms with van der Waals surface area (Å²) < 4.78 is 23.0. The van der Waals surface area contributed by atoms with E-state index in [9.17, 15) is 9.59 Å². The first-order valence-corrected chi connectivity index (χ1v) is 16.8. The van der Waals surface area contributed by atoms with E-state index >= 15 is 0 Å². The van der Waals surface area contributed by atoms with Gasteiger partial charge in [0.15, 0.2) is 11.5 Å². The molecule has 11 heteroatoms. The molecule has 1 aromatic rings. The summed E-state index contributed by atoms with van der Waals surface area (Å²) in [6.45, 7) is 3.51. The molecule has 1 saturated heterocycles. The van der Waals surface area contributed by atoms with Crippen LogP contribution in [-0.2, 0) is 15.9 Å². The van der Waals surface area contributed by atoms with E-state index in [1.165, 1.54) is 12.8 Å². The van der Waals surface area contributed by atoms with Crippen LogP contribution >= 0.6 is 31.9 Å². The van der Waals surface area contributed by atoms with Crippen molar-refractivity contribution in [1.29, 1.82) is 0 Å². The number of halogens is 2. The second-order valence-corrected chi connectivity index (χ2v) is 11.9. The molecule has 1 aliphatic carbocycles. The van der Waals surface area contributed by atoms with Crippen LogP contribution in [0.4, 0.5) is 9.59 Å². The predicted molar refractivity (Wildman–Crippen MR) is 163 cm³/mol. The molecule has 1 saturated carbocycles. The molecular weight excluding hydrogens is 646 g/mol. The number of hydrogen-bond acceptors (Lipinski definition) is 7. The number of nitrogens with zero attached hydrogens (tertiary/aromatic N) is 1. The Kier molecular flexibility index (Phi) is 15.5. The molecule has 2 fully saturated rings. The van der Waals surface area contributed by atoms with Gasteiger partial charge in [-0.15, -0.1) is 0 Å². The van der Waals surface area contributed by atoms with Crippen LogP contribution < -0.4 is 20.1 Å². The van der Waals surface area contributed by atoms with E-state index in [0.29, 0.717) is 37.2 Å². The zero-order valence-electron chi connectivity index (χ0n) is 23.6. The third kappa shape index (κ3) is 11.4. The molecule has 0 aromatic heterocycles. The molecule has 1 aromatic carbocycles. The Morgan fingerprint density at radius 2 is 1.68 bits per heavy atom. The maximum absolute atomic E-state index is 12.1. The average Bonchev–Trinajstić information content (AvgIpc) is 3.42. The molecule has 40 heavy (non-hydrogen) atoms. The first kappa shape index (κ1) is 32.9. The highest BCUT2D eigenvalue weighted by atomic mass is 79.9. The Hall–Kier alpha value is -1.56. The van der Waals surface area contributed by atoms with Gasteiger partial charge in [-0.05, 0) is 69.1 Å². The minimum absolute atomic E-state index is 0.0663. The van der Waals surface area contributed by atoms with Gasteiger partial charge in [0.2, 0.25) is 0 Å². The number of amides is 2. The number of alkyl carbamates (subject to hydrolysis) is 1. The number of unbranched alkanes of at least 4 members (excludes halogenated alkanes) is 2. The van der Waals surface area contributed by atoms with E-state index < -0.39 is 6.09 Å². The van der Waals surface area contributed by atoms with Gasteiger partial charge in [0, 0.05) is 42.9 Å². The molecule has 2 amide bonds. The van der Waals surface area contributed by atoms with Gasteiger partial charge < -0.3 is 29.6 Å². The van der Waals surface area contributed by atoms with Crippen molar-refractivity contribution < 1.29 is 28.5 Å². The molecule has 0 spiro atoms. The highest BCUT2D eigenvalue weighted by Gasteiger charge is 2.36. The SMILES string of the molecule is COc1cc(CCOC2CCCC[C@H]2N2CC[C@@H](OC(=O)NCCCCBr)C2)ccc1OC(=O)NCCCCBr. The van der Waals surface area contributed by atoms with Crippen LogP contribution in [0.15, 0.2) is 18.2 Å². The van der Waals surface area contributed by atoms with Crippen molar-refractivity contribution in [2.45, 2.75) is 82.5 Å². The molecule has 1 unspecified atom stereocenters. The molecule has 1 aliphatic heterocycles. The number of alkyl halides is 2. The third-order valence-corrected chi connectivity index (χ3v) is 8.52. The zero-order valence-corrected chi connectivity index (χ0v) is 26.8. The Labute approximate surface area is 255 Å². The standard InChI is InChI=1S/C29H45Br2N3O6/c1-37-27-20-22(10-11-26(27)40-29(36)33-17-7-5-15-31)13-19-38-25-9-3-2-8-24(25)34-18-12-23(21-34)39-28(35)32-16-6-4-14-30/h10-11,20,23-25H,2-9,12-19,21H2,1H3,(H,32,35)(H,33,36)/t23-,24-,25?/m1/s1. The van der Waals surface area contributed by atoms with Crippen molar-refractivity contribution in [1.82, 2.24) is 15.5 Å². The van der Waals surface area contributed by atoms with E-state index in [1.807, 2.05) is 12.1 Å². The quantitative estimate of drug-likeness (QED) is 0.167. The number of rotatable bonds is 16. The third-order valence-electron chi connectivity index (χ3n) is 7.40. The fourth-order valence-corrected chi connectivity index (χ4v) is 6.06. The lowest BCUT2D eigenvalue weighted by Crippen LogP contribution is -2.46. The second kappa shape index (κ2) is 18.8. The van der Waals surface area contributed by atoms with Crippen LogP contribution in [0.2, 0.25) is 0 Å². The number of likely N-dealkylation sites (tertiary alicyclic amines) is 1. The highest BCUT2D eigenvalue weighted by molar-refractivity contribution is 9.09. The lowest BCUT2D eigenvalue weighted by atomic mass is 9.91. The van der Waals surface area contributed by atoms with Gasteiger partial charge in [-0.2, -0.15) is 0 Å². The van der Waals surface area contributed by atoms with Gasteiger partial charge in [-0.25, -0.2) is 9.59 Å². The maximum atomic E-state index is 12.1. The Balaban J connectivity index is 1.43. The van der Waals surface area contributed by atoms with Gasteiger partial charge >= 0.3 is 12.2 Å². The van der Waals surface area contributed by atoms with E-state index in [2.05, 4.69) is 47.4 Å². The molecular formula is C29H45Br2N3O6. The number of carbonyl (C=O) groups excluding carboxylic acids is 2. The number of ether oxygens (including phenoxy) is 4. The van der Waals surface area contributed by atoms with Gasteiger partial charge in [0.25, 0.3) is 0 Å². The molecule has 2 N–H and O–H groups in total. The van der Waals surface area contributed by atoms with E-state index in [4.69, 9.17) is 18.9 Å². The lowest BCUT2D eigenvalue weighted by molar-refractivity contribution is -0.0319. The summed E-state index contributed by atoms with van der Waals surface area (Å²) in [6, 6.07) is 5.98. The largest absolute Gasteiger partial charge is 0.493 e. The number of benzene rings is 1. The molecule has 3 rings (SSSR count). The van der Waals surface area contributed by atoms with Crippen molar-refractivity contribution in [3.8, 4) is 11.5 Å². The van der Waals surface area contributed by atoms with Crippen molar-refractivity contribution in [2.75, 3.05) is 50.6 Å². The molecule has 3 atom stereocenters. The van der Waals surface area contributed by atoms with Gasteiger partial charge in [0.05, 0.1) is 19.8 Å². The molecule has 1 heterocycles. The summed E-state index contributed by atoms with van der Waals surface area (Å²) in [5.41, 5.74) is 1.06. The van der Waals surface area contributed by atoms with Gasteiger partial charge in [-0.1, -0.05) is 50.8 Å². The zero-order chi connectivity index (χ0) is 28.6. The first-order chi connectivity index (χ1) is 19.5. The van der Waals surface area contributed by atoms with Crippen molar-refractivity contribution in [2.24, 2.45) is 0 Å². The average molecular weight is 692 g/mol. The van der Waals surface area contributed by atoms with Crippen LogP contribution in [0.5, 0.6) is 11.5 Å². The van der Waals surface area contributed by atoms with E-state index in [0.717, 1.165) is 80.7 Å². The van der Waals surface area contributed by atoms with Gasteiger partial charge in [-0.3, -0.25) is 4.90 Å². The van der Waals surface area contributed by atoms with E-state index in [1.54, 1.807) is 13.2 Å². The number of methoxy groups -OCH3 is 1. The molecule has 9 nitrogen and oxygen atoms in total. The summed E-state index contributed by atoms with van der Waals surface area (Å²) in [7, 11) is 1.57. The Morgan fingerprint density at radius 1 is 0.950 bits per heavy atom. The van der Waals surface area contributed by atoms with Crippen LogP contribution in [0.25, 0.3) is 0 Å². The topological polar surface area (TPSA) is 98.4 Å². The second-order valence-electron chi connectivity index (χ2n) is 10.3. The highest BCUT2D eigenvalue weighted by Crippen LogP contribution is 2.31. The predicted octanol–water partition coefficient (Wildman–Crippen LogP) is 5.80.